The van der Waals surface area contributed by atoms with E-state index >= 15 is 0 Å². The molecule has 3 aromatic rings. The predicted octanol–water partition coefficient (Wildman–Crippen LogP) is 6.44. The summed E-state index contributed by atoms with van der Waals surface area (Å²) in [4.78, 5) is 17.2. The van der Waals surface area contributed by atoms with Crippen molar-refractivity contribution in [2.75, 3.05) is 4.90 Å². The standard InChI is InChI=1S/C21H18ClN3O2/c1-15-3-9-19(10-4-15)24(20-11-13-21(14-12-20)25(26)27)16(2)23-18-7-5-17(22)6-8-18/h3-14H,1-2H3. The average molecular weight is 380 g/mol. The summed E-state index contributed by atoms with van der Waals surface area (Å²) in [7, 11) is 0. The van der Waals surface area contributed by atoms with Gasteiger partial charge in [-0.3, -0.25) is 15.0 Å². The fraction of sp³-hybridized carbons (Fsp3) is 0.0952. The van der Waals surface area contributed by atoms with Crippen molar-refractivity contribution in [2.24, 2.45) is 4.99 Å². The Morgan fingerprint density at radius 2 is 1.44 bits per heavy atom. The normalized spacial score (nSPS) is 11.3. The van der Waals surface area contributed by atoms with Crippen LogP contribution in [0, 0.1) is 17.0 Å². The molecule has 0 atom stereocenters. The lowest BCUT2D eigenvalue weighted by atomic mass is 10.2. The molecule has 5 nitrogen and oxygen atoms in total. The lowest BCUT2D eigenvalue weighted by Crippen LogP contribution is -2.23. The molecule has 0 N–H and O–H groups in total. The Kier molecular flexibility index (Phi) is 5.52. The first-order valence-electron chi connectivity index (χ1n) is 8.36. The quantitative estimate of drug-likeness (QED) is 0.226. The summed E-state index contributed by atoms with van der Waals surface area (Å²) >= 11 is 5.94. The first kappa shape index (κ1) is 18.6. The highest BCUT2D eigenvalue weighted by Gasteiger charge is 2.15. The van der Waals surface area contributed by atoms with Crippen molar-refractivity contribution in [3.63, 3.8) is 0 Å². The van der Waals surface area contributed by atoms with E-state index in [0.717, 1.165) is 28.5 Å². The van der Waals surface area contributed by atoms with Gasteiger partial charge in [-0.2, -0.15) is 0 Å². The van der Waals surface area contributed by atoms with Crippen LogP contribution in [-0.2, 0) is 0 Å². The molecule has 3 aromatic carbocycles. The van der Waals surface area contributed by atoms with Gasteiger partial charge in [-0.05, 0) is 62.4 Å². The lowest BCUT2D eigenvalue weighted by molar-refractivity contribution is -0.384. The number of nitrogens with zero attached hydrogens (tertiary/aromatic N) is 3. The fourth-order valence-corrected chi connectivity index (χ4v) is 2.82. The Labute approximate surface area is 162 Å². The second-order valence-electron chi connectivity index (χ2n) is 6.08. The minimum absolute atomic E-state index is 0.0508. The number of hydrogen-bond donors (Lipinski definition) is 0. The molecule has 0 amide bonds. The van der Waals surface area contributed by atoms with E-state index in [0.29, 0.717) is 5.02 Å². The van der Waals surface area contributed by atoms with E-state index in [-0.39, 0.29) is 5.69 Å². The van der Waals surface area contributed by atoms with Crippen LogP contribution in [-0.4, -0.2) is 10.8 Å². The zero-order chi connectivity index (χ0) is 19.4. The van der Waals surface area contributed by atoms with E-state index in [1.54, 1.807) is 24.3 Å². The van der Waals surface area contributed by atoms with Gasteiger partial charge in [0.1, 0.15) is 5.84 Å². The Morgan fingerprint density at radius 3 is 1.96 bits per heavy atom. The van der Waals surface area contributed by atoms with Gasteiger partial charge in [0.25, 0.3) is 5.69 Å². The summed E-state index contributed by atoms with van der Waals surface area (Å²) < 4.78 is 0. The van der Waals surface area contributed by atoms with Crippen molar-refractivity contribution >= 4 is 40.2 Å². The number of benzene rings is 3. The first-order chi connectivity index (χ1) is 12.9. The Hall–Kier alpha value is -3.18. The fourth-order valence-electron chi connectivity index (χ4n) is 2.69. The number of halogens is 1. The number of rotatable bonds is 4. The Balaban J connectivity index is 2.04. The molecule has 3 rings (SSSR count). The Morgan fingerprint density at radius 1 is 0.926 bits per heavy atom. The van der Waals surface area contributed by atoms with Crippen LogP contribution < -0.4 is 4.90 Å². The molecule has 136 valence electrons. The number of hydrogen-bond acceptors (Lipinski definition) is 3. The largest absolute Gasteiger partial charge is 0.299 e. The molecule has 0 aromatic heterocycles. The maximum atomic E-state index is 10.9. The maximum Gasteiger partial charge on any atom is 0.269 e. The third-order valence-corrected chi connectivity index (χ3v) is 4.30. The van der Waals surface area contributed by atoms with Crippen molar-refractivity contribution < 1.29 is 4.92 Å². The van der Waals surface area contributed by atoms with E-state index < -0.39 is 4.92 Å². The maximum absolute atomic E-state index is 10.9. The van der Waals surface area contributed by atoms with Gasteiger partial charge in [-0.1, -0.05) is 29.3 Å². The molecule has 0 aliphatic rings. The second-order valence-corrected chi connectivity index (χ2v) is 6.52. The van der Waals surface area contributed by atoms with Gasteiger partial charge >= 0.3 is 0 Å². The number of amidine groups is 1. The summed E-state index contributed by atoms with van der Waals surface area (Å²) in [6.07, 6.45) is 0. The van der Waals surface area contributed by atoms with Crippen LogP contribution in [0.25, 0.3) is 0 Å². The molecule has 0 heterocycles. The minimum Gasteiger partial charge on any atom is -0.299 e. The summed E-state index contributed by atoms with van der Waals surface area (Å²) in [5.74, 6) is 0.732. The van der Waals surface area contributed by atoms with Gasteiger partial charge in [0.05, 0.1) is 10.6 Å². The molecule has 0 saturated heterocycles. The van der Waals surface area contributed by atoms with Crippen LogP contribution in [0.15, 0.2) is 77.8 Å². The monoisotopic (exact) mass is 379 g/mol. The number of aryl methyl sites for hydroxylation is 1. The Bertz CT molecular complexity index is 966. The molecule has 0 radical (unpaired) electrons. The third kappa shape index (κ3) is 4.51. The van der Waals surface area contributed by atoms with E-state index in [1.807, 2.05) is 55.1 Å². The molecule has 6 heteroatoms. The van der Waals surface area contributed by atoms with E-state index in [9.17, 15) is 10.1 Å². The second kappa shape index (κ2) is 8.01. The van der Waals surface area contributed by atoms with Crippen molar-refractivity contribution in [3.8, 4) is 0 Å². The number of nitro groups is 1. The van der Waals surface area contributed by atoms with E-state index in [2.05, 4.69) is 4.99 Å². The smallest absolute Gasteiger partial charge is 0.269 e. The van der Waals surface area contributed by atoms with Gasteiger partial charge in [-0.15, -0.1) is 0 Å². The lowest BCUT2D eigenvalue weighted by Gasteiger charge is -2.25. The predicted molar refractivity (Wildman–Crippen MR) is 111 cm³/mol. The highest BCUT2D eigenvalue weighted by Crippen LogP contribution is 2.29. The zero-order valence-electron chi connectivity index (χ0n) is 15.0. The number of aliphatic imine (C=N–C) groups is 1. The highest BCUT2D eigenvalue weighted by molar-refractivity contribution is 6.30. The number of anilines is 2. The third-order valence-electron chi connectivity index (χ3n) is 4.05. The molecule has 0 fully saturated rings. The molecule has 0 bridgehead atoms. The molecule has 27 heavy (non-hydrogen) atoms. The van der Waals surface area contributed by atoms with Gasteiger partial charge < -0.3 is 0 Å². The van der Waals surface area contributed by atoms with Crippen LogP contribution in [0.2, 0.25) is 5.02 Å². The summed E-state index contributed by atoms with van der Waals surface area (Å²) in [6.45, 7) is 3.92. The zero-order valence-corrected chi connectivity index (χ0v) is 15.7. The van der Waals surface area contributed by atoms with Crippen LogP contribution in [0.5, 0.6) is 0 Å². The minimum atomic E-state index is -0.408. The van der Waals surface area contributed by atoms with Crippen molar-refractivity contribution in [3.05, 3.63) is 93.5 Å². The van der Waals surface area contributed by atoms with Crippen LogP contribution in [0.3, 0.4) is 0 Å². The molecule has 0 unspecified atom stereocenters. The van der Waals surface area contributed by atoms with Crippen molar-refractivity contribution in [1.82, 2.24) is 0 Å². The SMILES string of the molecule is CC(=Nc1ccc(Cl)cc1)N(c1ccc(C)cc1)c1ccc([N+](=O)[O-])cc1. The van der Waals surface area contributed by atoms with Crippen LogP contribution in [0.1, 0.15) is 12.5 Å². The van der Waals surface area contributed by atoms with Crippen LogP contribution >= 0.6 is 11.6 Å². The molecule has 0 aliphatic heterocycles. The topological polar surface area (TPSA) is 58.7 Å². The van der Waals surface area contributed by atoms with Gasteiger partial charge in [0.15, 0.2) is 0 Å². The summed E-state index contributed by atoms with van der Waals surface area (Å²) in [5.41, 5.74) is 3.69. The van der Waals surface area contributed by atoms with Crippen molar-refractivity contribution in [1.29, 1.82) is 0 Å². The van der Waals surface area contributed by atoms with E-state index in [1.165, 1.54) is 12.1 Å². The molecular formula is C21H18ClN3O2. The molecule has 0 spiro atoms. The molecular weight excluding hydrogens is 362 g/mol. The molecule has 0 aliphatic carbocycles. The van der Waals surface area contributed by atoms with Gasteiger partial charge in [-0.25, -0.2) is 4.99 Å². The van der Waals surface area contributed by atoms with Crippen LogP contribution in [0.4, 0.5) is 22.7 Å². The first-order valence-corrected chi connectivity index (χ1v) is 8.74. The van der Waals surface area contributed by atoms with Gasteiger partial charge in [0.2, 0.25) is 0 Å². The summed E-state index contributed by atoms with van der Waals surface area (Å²) in [5, 5.41) is 11.6. The van der Waals surface area contributed by atoms with Gasteiger partial charge in [0, 0.05) is 28.5 Å². The molecule has 0 saturated carbocycles. The number of nitro benzene ring substituents is 1. The summed E-state index contributed by atoms with van der Waals surface area (Å²) in [6, 6.07) is 21.7. The highest BCUT2D eigenvalue weighted by atomic mass is 35.5. The van der Waals surface area contributed by atoms with Crippen molar-refractivity contribution in [2.45, 2.75) is 13.8 Å². The average Bonchev–Trinajstić information content (AvgIpc) is 2.66. The number of non-ortho nitro benzene ring substituents is 1. The van der Waals surface area contributed by atoms with E-state index in [4.69, 9.17) is 11.6 Å².